The monoisotopic (exact) mass is 394 g/mol. The standard InChI is InChI=1S/C18H19ClN2O4S/c19-16-6-4-14(5-7-16)13-20-26(23,24)17-3-1-2-15(12-17)18(22)21-8-10-25-11-9-21/h1-7,12,20H,8-11,13H2. The lowest BCUT2D eigenvalue weighted by Crippen LogP contribution is -2.40. The van der Waals surface area contributed by atoms with Gasteiger partial charge in [-0.3, -0.25) is 4.79 Å². The maximum absolute atomic E-state index is 12.5. The molecule has 26 heavy (non-hydrogen) atoms. The van der Waals surface area contributed by atoms with Crippen LogP contribution in [0.15, 0.2) is 53.4 Å². The van der Waals surface area contributed by atoms with Crippen LogP contribution >= 0.6 is 11.6 Å². The van der Waals surface area contributed by atoms with E-state index in [2.05, 4.69) is 4.72 Å². The van der Waals surface area contributed by atoms with Gasteiger partial charge < -0.3 is 9.64 Å². The van der Waals surface area contributed by atoms with Gasteiger partial charge in [0.25, 0.3) is 5.91 Å². The van der Waals surface area contributed by atoms with Gasteiger partial charge in [0.1, 0.15) is 0 Å². The van der Waals surface area contributed by atoms with Crippen LogP contribution in [0.2, 0.25) is 5.02 Å². The quantitative estimate of drug-likeness (QED) is 0.844. The fraction of sp³-hybridized carbons (Fsp3) is 0.278. The number of ether oxygens (including phenoxy) is 1. The number of nitrogens with zero attached hydrogens (tertiary/aromatic N) is 1. The molecule has 0 unspecified atom stereocenters. The Hall–Kier alpha value is -1.93. The minimum atomic E-state index is -3.73. The van der Waals surface area contributed by atoms with E-state index >= 15 is 0 Å². The van der Waals surface area contributed by atoms with E-state index in [0.717, 1.165) is 5.56 Å². The second-order valence-electron chi connectivity index (χ2n) is 5.88. The summed E-state index contributed by atoms with van der Waals surface area (Å²) in [5.41, 5.74) is 1.14. The van der Waals surface area contributed by atoms with Crippen molar-refractivity contribution in [2.24, 2.45) is 0 Å². The summed E-state index contributed by atoms with van der Waals surface area (Å²) in [7, 11) is -3.73. The number of halogens is 1. The third-order valence-electron chi connectivity index (χ3n) is 4.07. The molecule has 1 heterocycles. The van der Waals surface area contributed by atoms with Crippen LogP contribution in [0.1, 0.15) is 15.9 Å². The van der Waals surface area contributed by atoms with Crippen LogP contribution in [0.25, 0.3) is 0 Å². The number of nitrogens with one attached hydrogen (secondary N) is 1. The largest absolute Gasteiger partial charge is 0.378 e. The molecular weight excluding hydrogens is 376 g/mol. The summed E-state index contributed by atoms with van der Waals surface area (Å²) in [5.74, 6) is -0.192. The normalized spacial score (nSPS) is 15.0. The van der Waals surface area contributed by atoms with Crippen molar-refractivity contribution in [2.75, 3.05) is 26.3 Å². The van der Waals surface area contributed by atoms with Crippen LogP contribution < -0.4 is 4.72 Å². The zero-order valence-electron chi connectivity index (χ0n) is 14.0. The molecule has 1 N–H and O–H groups in total. The molecule has 1 fully saturated rings. The molecule has 0 saturated carbocycles. The number of amides is 1. The molecule has 0 aromatic heterocycles. The van der Waals surface area contributed by atoms with E-state index < -0.39 is 10.0 Å². The maximum atomic E-state index is 12.5. The van der Waals surface area contributed by atoms with E-state index in [4.69, 9.17) is 16.3 Å². The fourth-order valence-corrected chi connectivity index (χ4v) is 3.80. The van der Waals surface area contributed by atoms with Gasteiger partial charge in [-0.2, -0.15) is 0 Å². The van der Waals surface area contributed by atoms with E-state index in [1.54, 1.807) is 41.3 Å². The van der Waals surface area contributed by atoms with Gasteiger partial charge in [-0.05, 0) is 35.9 Å². The van der Waals surface area contributed by atoms with Gasteiger partial charge in [-0.1, -0.05) is 29.8 Å². The second kappa shape index (κ2) is 8.18. The first-order valence-corrected chi connectivity index (χ1v) is 10.0. The average Bonchev–Trinajstić information content (AvgIpc) is 2.68. The Morgan fingerprint density at radius 3 is 2.50 bits per heavy atom. The predicted molar refractivity (Wildman–Crippen MR) is 98.6 cm³/mol. The number of hydrogen-bond acceptors (Lipinski definition) is 4. The predicted octanol–water partition coefficient (Wildman–Crippen LogP) is 2.29. The van der Waals surface area contributed by atoms with Gasteiger partial charge in [0.2, 0.25) is 10.0 Å². The Bertz CT molecular complexity index is 878. The minimum Gasteiger partial charge on any atom is -0.378 e. The molecule has 138 valence electrons. The number of sulfonamides is 1. The van der Waals surface area contributed by atoms with Crippen LogP contribution in [-0.2, 0) is 21.3 Å². The van der Waals surface area contributed by atoms with E-state index in [0.29, 0.717) is 36.9 Å². The molecule has 0 bridgehead atoms. The molecule has 2 aromatic rings. The van der Waals surface area contributed by atoms with Crippen LogP contribution in [-0.4, -0.2) is 45.5 Å². The Labute approximate surface area is 157 Å². The maximum Gasteiger partial charge on any atom is 0.254 e. The molecule has 8 heteroatoms. The van der Waals surface area contributed by atoms with Crippen molar-refractivity contribution >= 4 is 27.5 Å². The molecule has 1 amide bonds. The number of benzene rings is 2. The van der Waals surface area contributed by atoms with Gasteiger partial charge in [-0.15, -0.1) is 0 Å². The highest BCUT2D eigenvalue weighted by Gasteiger charge is 2.21. The molecule has 1 aliphatic heterocycles. The third-order valence-corrected chi connectivity index (χ3v) is 5.72. The molecule has 3 rings (SSSR count). The molecule has 0 radical (unpaired) electrons. The first-order valence-electron chi connectivity index (χ1n) is 8.17. The molecule has 1 saturated heterocycles. The number of carbonyl (C=O) groups excluding carboxylic acids is 1. The average molecular weight is 395 g/mol. The van der Waals surface area contributed by atoms with Crippen LogP contribution in [0, 0.1) is 0 Å². The Morgan fingerprint density at radius 2 is 1.81 bits per heavy atom. The summed E-state index contributed by atoms with van der Waals surface area (Å²) in [5, 5.41) is 0.589. The zero-order valence-corrected chi connectivity index (χ0v) is 15.6. The van der Waals surface area contributed by atoms with Crippen molar-refractivity contribution < 1.29 is 17.9 Å². The van der Waals surface area contributed by atoms with Crippen LogP contribution in [0.3, 0.4) is 0 Å². The van der Waals surface area contributed by atoms with E-state index in [1.165, 1.54) is 12.1 Å². The van der Waals surface area contributed by atoms with E-state index in [1.807, 2.05) is 0 Å². The molecule has 0 spiro atoms. The molecule has 1 aliphatic rings. The molecule has 2 aromatic carbocycles. The summed E-state index contributed by atoms with van der Waals surface area (Å²) in [6.07, 6.45) is 0. The van der Waals surface area contributed by atoms with Crippen LogP contribution in [0.4, 0.5) is 0 Å². The Morgan fingerprint density at radius 1 is 1.12 bits per heavy atom. The first-order chi connectivity index (χ1) is 12.5. The minimum absolute atomic E-state index is 0.0607. The summed E-state index contributed by atoms with van der Waals surface area (Å²) >= 11 is 5.83. The highest BCUT2D eigenvalue weighted by atomic mass is 35.5. The van der Waals surface area contributed by atoms with Gasteiger partial charge >= 0.3 is 0 Å². The van der Waals surface area contributed by atoms with Gasteiger partial charge in [0.15, 0.2) is 0 Å². The van der Waals surface area contributed by atoms with Crippen molar-refractivity contribution in [3.8, 4) is 0 Å². The summed E-state index contributed by atoms with van der Waals surface area (Å²) in [6.45, 7) is 2.13. The SMILES string of the molecule is O=C(c1cccc(S(=O)(=O)NCc2ccc(Cl)cc2)c1)N1CCOCC1. The van der Waals surface area contributed by atoms with Crippen molar-refractivity contribution in [3.63, 3.8) is 0 Å². The van der Waals surface area contributed by atoms with Crippen molar-refractivity contribution in [1.82, 2.24) is 9.62 Å². The molecule has 0 atom stereocenters. The molecule has 6 nitrogen and oxygen atoms in total. The number of carbonyl (C=O) groups is 1. The third kappa shape index (κ3) is 4.62. The van der Waals surface area contributed by atoms with Crippen LogP contribution in [0.5, 0.6) is 0 Å². The first kappa shape index (κ1) is 18.8. The van der Waals surface area contributed by atoms with Gasteiger partial charge in [0.05, 0.1) is 18.1 Å². The van der Waals surface area contributed by atoms with E-state index in [-0.39, 0.29) is 17.3 Å². The lowest BCUT2D eigenvalue weighted by atomic mass is 10.2. The van der Waals surface area contributed by atoms with Crippen molar-refractivity contribution in [2.45, 2.75) is 11.4 Å². The highest BCUT2D eigenvalue weighted by Crippen LogP contribution is 2.15. The smallest absolute Gasteiger partial charge is 0.254 e. The van der Waals surface area contributed by atoms with Gasteiger partial charge in [-0.25, -0.2) is 13.1 Å². The lowest BCUT2D eigenvalue weighted by Gasteiger charge is -2.27. The number of rotatable bonds is 5. The zero-order chi connectivity index (χ0) is 18.6. The summed E-state index contributed by atoms with van der Waals surface area (Å²) in [4.78, 5) is 14.3. The Balaban J connectivity index is 1.73. The van der Waals surface area contributed by atoms with E-state index in [9.17, 15) is 13.2 Å². The number of morpholine rings is 1. The lowest BCUT2D eigenvalue weighted by molar-refractivity contribution is 0.0302. The second-order valence-corrected chi connectivity index (χ2v) is 8.09. The Kier molecular flexibility index (Phi) is 5.93. The summed E-state index contributed by atoms with van der Waals surface area (Å²) < 4.78 is 32.9. The fourth-order valence-electron chi connectivity index (χ4n) is 2.61. The highest BCUT2D eigenvalue weighted by molar-refractivity contribution is 7.89. The topological polar surface area (TPSA) is 75.7 Å². The number of hydrogen-bond donors (Lipinski definition) is 1. The summed E-state index contributed by atoms with van der Waals surface area (Å²) in [6, 6.07) is 13.0. The molecule has 0 aliphatic carbocycles. The van der Waals surface area contributed by atoms with Crippen molar-refractivity contribution in [1.29, 1.82) is 0 Å². The molecular formula is C18H19ClN2O4S. The van der Waals surface area contributed by atoms with Gasteiger partial charge in [0, 0.05) is 30.2 Å². The van der Waals surface area contributed by atoms with Crippen molar-refractivity contribution in [3.05, 3.63) is 64.7 Å².